The summed E-state index contributed by atoms with van der Waals surface area (Å²) in [6, 6.07) is 0.128. The van der Waals surface area contributed by atoms with Gasteiger partial charge in [0.25, 0.3) is 10.2 Å². The second-order valence-corrected chi connectivity index (χ2v) is 9.10. The van der Waals surface area contributed by atoms with Gasteiger partial charge in [0.1, 0.15) is 0 Å². The Bertz CT molecular complexity index is 406. The Balaban J connectivity index is 1.86. The van der Waals surface area contributed by atoms with Crippen molar-refractivity contribution in [1.82, 2.24) is 14.3 Å². The third-order valence-corrected chi connectivity index (χ3v) is 7.42. The first-order chi connectivity index (χ1) is 10.0. The molecule has 1 saturated carbocycles. The van der Waals surface area contributed by atoms with Crippen molar-refractivity contribution < 1.29 is 8.42 Å². The molecule has 1 saturated heterocycles. The number of rotatable bonds is 6. The predicted octanol–water partition coefficient (Wildman–Crippen LogP) is 1.43. The number of hydrogen-bond acceptors (Lipinski definition) is 4. The van der Waals surface area contributed by atoms with Crippen molar-refractivity contribution >= 4 is 22.0 Å². The molecule has 1 atom stereocenters. The van der Waals surface area contributed by atoms with Crippen molar-refractivity contribution in [1.29, 1.82) is 0 Å². The second-order valence-electron chi connectivity index (χ2n) is 6.26. The molecule has 21 heavy (non-hydrogen) atoms. The molecule has 0 amide bonds. The fraction of sp³-hybridized carbons (Fsp3) is 1.00. The summed E-state index contributed by atoms with van der Waals surface area (Å²) in [5.74, 6) is 0.438. The standard InChI is InChI=1S/C14H29N3O2S2/c1-15-10-12-4-3-9-17(11-12)21(18,19)16-13-5-7-14(20-2)8-6-13/h12-16H,3-11H2,1-2H3. The highest BCUT2D eigenvalue weighted by Gasteiger charge is 2.31. The highest BCUT2D eigenvalue weighted by Crippen LogP contribution is 2.27. The Morgan fingerprint density at radius 1 is 1.19 bits per heavy atom. The molecule has 7 heteroatoms. The van der Waals surface area contributed by atoms with Gasteiger partial charge in [0.2, 0.25) is 0 Å². The average Bonchev–Trinajstić information content (AvgIpc) is 2.48. The SMILES string of the molecule is CNCC1CCCN(S(=O)(=O)NC2CCC(SC)CC2)C1. The normalized spacial score (nSPS) is 32.2. The number of nitrogens with zero attached hydrogens (tertiary/aromatic N) is 1. The molecule has 124 valence electrons. The summed E-state index contributed by atoms with van der Waals surface area (Å²) in [7, 11) is -1.38. The number of nitrogens with one attached hydrogen (secondary N) is 2. The molecule has 2 N–H and O–H groups in total. The van der Waals surface area contributed by atoms with Crippen LogP contribution in [0.25, 0.3) is 0 Å². The summed E-state index contributed by atoms with van der Waals surface area (Å²) in [5, 5.41) is 3.87. The fourth-order valence-corrected chi connectivity index (χ4v) is 5.73. The maximum atomic E-state index is 12.5. The Morgan fingerprint density at radius 2 is 1.90 bits per heavy atom. The fourth-order valence-electron chi connectivity index (χ4n) is 3.40. The molecule has 0 radical (unpaired) electrons. The van der Waals surface area contributed by atoms with Gasteiger partial charge in [-0.3, -0.25) is 0 Å². The van der Waals surface area contributed by atoms with E-state index in [9.17, 15) is 8.42 Å². The van der Waals surface area contributed by atoms with E-state index in [-0.39, 0.29) is 6.04 Å². The highest BCUT2D eigenvalue weighted by atomic mass is 32.2. The first kappa shape index (κ1) is 17.5. The monoisotopic (exact) mass is 335 g/mol. The van der Waals surface area contributed by atoms with E-state index < -0.39 is 10.2 Å². The Kier molecular flexibility index (Phi) is 6.80. The third kappa shape index (κ3) is 5.10. The van der Waals surface area contributed by atoms with Crippen molar-refractivity contribution in [3.8, 4) is 0 Å². The molecule has 2 fully saturated rings. The van der Waals surface area contributed by atoms with E-state index in [1.54, 1.807) is 4.31 Å². The molecule has 1 aliphatic carbocycles. The van der Waals surface area contributed by atoms with E-state index in [1.807, 2.05) is 18.8 Å². The lowest BCUT2D eigenvalue weighted by atomic mass is 9.96. The van der Waals surface area contributed by atoms with Crippen LogP contribution in [0.3, 0.4) is 0 Å². The van der Waals surface area contributed by atoms with Crippen LogP contribution in [-0.2, 0) is 10.2 Å². The van der Waals surface area contributed by atoms with Gasteiger partial charge in [0.05, 0.1) is 0 Å². The van der Waals surface area contributed by atoms with Crippen LogP contribution < -0.4 is 10.0 Å². The summed E-state index contributed by atoms with van der Waals surface area (Å²) < 4.78 is 29.7. The maximum absolute atomic E-state index is 12.5. The molecule has 0 spiro atoms. The van der Waals surface area contributed by atoms with E-state index >= 15 is 0 Å². The molecule has 5 nitrogen and oxygen atoms in total. The van der Waals surface area contributed by atoms with Crippen LogP contribution >= 0.6 is 11.8 Å². The molecule has 2 rings (SSSR count). The van der Waals surface area contributed by atoms with Crippen LogP contribution in [-0.4, -0.2) is 57.0 Å². The van der Waals surface area contributed by atoms with Crippen molar-refractivity contribution in [3.05, 3.63) is 0 Å². The Morgan fingerprint density at radius 3 is 2.52 bits per heavy atom. The Hall–Kier alpha value is 0.180. The first-order valence-corrected chi connectivity index (χ1v) is 10.7. The van der Waals surface area contributed by atoms with Gasteiger partial charge < -0.3 is 5.32 Å². The van der Waals surface area contributed by atoms with Gasteiger partial charge in [-0.25, -0.2) is 0 Å². The largest absolute Gasteiger partial charge is 0.319 e. The van der Waals surface area contributed by atoms with Gasteiger partial charge in [0, 0.05) is 24.4 Å². The van der Waals surface area contributed by atoms with Crippen molar-refractivity contribution in [2.45, 2.75) is 49.8 Å². The smallest absolute Gasteiger partial charge is 0.279 e. The molecule has 0 aromatic rings. The highest BCUT2D eigenvalue weighted by molar-refractivity contribution is 7.99. The van der Waals surface area contributed by atoms with E-state index in [4.69, 9.17) is 0 Å². The maximum Gasteiger partial charge on any atom is 0.279 e. The lowest BCUT2D eigenvalue weighted by Crippen LogP contribution is -2.50. The zero-order valence-electron chi connectivity index (χ0n) is 13.2. The van der Waals surface area contributed by atoms with Crippen LogP contribution in [0.4, 0.5) is 0 Å². The van der Waals surface area contributed by atoms with Crippen molar-refractivity contribution in [2.75, 3.05) is 32.9 Å². The van der Waals surface area contributed by atoms with Gasteiger partial charge in [-0.1, -0.05) is 0 Å². The van der Waals surface area contributed by atoms with Crippen LogP contribution in [0, 0.1) is 5.92 Å². The third-order valence-electron chi connectivity index (χ3n) is 4.64. The topological polar surface area (TPSA) is 61.4 Å². The van der Waals surface area contributed by atoms with E-state index in [1.165, 1.54) is 0 Å². The van der Waals surface area contributed by atoms with Crippen molar-refractivity contribution in [2.24, 2.45) is 5.92 Å². The molecule has 0 bridgehead atoms. The molecule has 0 aromatic carbocycles. The molecular weight excluding hydrogens is 306 g/mol. The molecule has 1 aliphatic heterocycles. The molecule has 2 aliphatic rings. The summed E-state index contributed by atoms with van der Waals surface area (Å²) in [5.41, 5.74) is 0. The van der Waals surface area contributed by atoms with E-state index in [0.717, 1.165) is 45.1 Å². The molecular formula is C14H29N3O2S2. The van der Waals surface area contributed by atoms with Gasteiger partial charge >= 0.3 is 0 Å². The van der Waals surface area contributed by atoms with Crippen molar-refractivity contribution in [3.63, 3.8) is 0 Å². The molecule has 1 unspecified atom stereocenters. The average molecular weight is 336 g/mol. The molecule has 0 aromatic heterocycles. The summed E-state index contributed by atoms with van der Waals surface area (Å²) >= 11 is 1.90. The van der Waals surface area contributed by atoms with Gasteiger partial charge in [0.15, 0.2) is 0 Å². The van der Waals surface area contributed by atoms with E-state index in [2.05, 4.69) is 16.3 Å². The minimum atomic E-state index is -3.31. The summed E-state index contributed by atoms with van der Waals surface area (Å²) in [6.45, 7) is 2.21. The van der Waals surface area contributed by atoms with Crippen LogP contribution in [0.2, 0.25) is 0 Å². The zero-order valence-corrected chi connectivity index (χ0v) is 14.8. The van der Waals surface area contributed by atoms with Gasteiger partial charge in [-0.15, -0.1) is 0 Å². The lowest BCUT2D eigenvalue weighted by molar-refractivity contribution is 0.258. The van der Waals surface area contributed by atoms with E-state index in [0.29, 0.717) is 24.3 Å². The zero-order chi connectivity index (χ0) is 15.3. The number of thioether (sulfide) groups is 1. The van der Waals surface area contributed by atoms with Gasteiger partial charge in [-0.2, -0.15) is 29.2 Å². The van der Waals surface area contributed by atoms with Gasteiger partial charge in [-0.05, 0) is 64.3 Å². The van der Waals surface area contributed by atoms with Crippen LogP contribution in [0.15, 0.2) is 0 Å². The lowest BCUT2D eigenvalue weighted by Gasteiger charge is -2.34. The number of hydrogen-bond donors (Lipinski definition) is 2. The van der Waals surface area contributed by atoms with Crippen LogP contribution in [0.5, 0.6) is 0 Å². The van der Waals surface area contributed by atoms with Crippen LogP contribution in [0.1, 0.15) is 38.5 Å². The minimum Gasteiger partial charge on any atom is -0.319 e. The number of piperidine rings is 1. The second kappa shape index (κ2) is 8.15. The molecule has 1 heterocycles. The minimum absolute atomic E-state index is 0.128. The first-order valence-electron chi connectivity index (χ1n) is 8.00. The summed E-state index contributed by atoms with van der Waals surface area (Å²) in [4.78, 5) is 0. The quantitative estimate of drug-likeness (QED) is 0.771. The Labute approximate surface area is 133 Å². The predicted molar refractivity (Wildman–Crippen MR) is 89.8 cm³/mol. The summed E-state index contributed by atoms with van der Waals surface area (Å²) in [6.07, 6.45) is 8.41.